The van der Waals surface area contributed by atoms with Crippen molar-refractivity contribution in [2.75, 3.05) is 0 Å². The van der Waals surface area contributed by atoms with Gasteiger partial charge < -0.3 is 22.8 Å². The fraction of sp³-hybridized carbons (Fsp3) is 0. The average Bonchev–Trinajstić information content (AvgIpc) is 1.58. The number of hydrogen-bond donors (Lipinski definition) is 0. The van der Waals surface area contributed by atoms with E-state index in [2.05, 4.69) is 589 Å². The van der Waals surface area contributed by atoms with Crippen LogP contribution in [0.1, 0.15) is 0 Å². The maximum Gasteiger partial charge on any atom is 0.0547 e. The van der Waals surface area contributed by atoms with Gasteiger partial charge in [0.1, 0.15) is 0 Å². The highest BCUT2D eigenvalue weighted by Gasteiger charge is 2.23. The van der Waals surface area contributed by atoms with Crippen molar-refractivity contribution in [3.8, 4) is 106 Å². The van der Waals surface area contributed by atoms with Crippen LogP contribution in [0.3, 0.4) is 0 Å². The molecule has 28 aromatic rings. The summed E-state index contributed by atoms with van der Waals surface area (Å²) in [7, 11) is 0. The van der Waals surface area contributed by atoms with Crippen LogP contribution in [0.25, 0.3) is 236 Å². The van der Waals surface area contributed by atoms with E-state index < -0.39 is 0 Å². The van der Waals surface area contributed by atoms with Gasteiger partial charge in [-0.3, -0.25) is 4.98 Å². The summed E-state index contributed by atoms with van der Waals surface area (Å²) in [5.74, 6) is 0. The maximum absolute atomic E-state index is 4.21. The van der Waals surface area contributed by atoms with Crippen LogP contribution >= 0.6 is 75.1 Å². The second kappa shape index (κ2) is 37.6. The zero-order valence-electron chi connectivity index (χ0n) is 76.6. The van der Waals surface area contributed by atoms with Gasteiger partial charge in [-0.2, -0.15) is 0 Å². The highest BCUT2D eigenvalue weighted by molar-refractivity contribution is 9.11. The molecule has 142 heavy (non-hydrogen) atoms. The number of thiophene rings is 1. The van der Waals surface area contributed by atoms with Gasteiger partial charge in [0.2, 0.25) is 0 Å². The lowest BCUT2D eigenvalue weighted by Crippen LogP contribution is -1.94. The minimum atomic E-state index is 1.09. The molecule has 21 aromatic carbocycles. The lowest BCUT2D eigenvalue weighted by atomic mass is 9.98. The smallest absolute Gasteiger partial charge is 0.0547 e. The largest absolute Gasteiger partial charge is 0.309 e. The Morgan fingerprint density at radius 2 is 0.444 bits per heavy atom. The van der Waals surface area contributed by atoms with Crippen molar-refractivity contribution in [1.82, 2.24) is 27.8 Å². The van der Waals surface area contributed by atoms with Crippen LogP contribution in [0.5, 0.6) is 0 Å². The van der Waals surface area contributed by atoms with Crippen LogP contribution in [0.2, 0.25) is 0 Å². The van der Waals surface area contributed by atoms with Gasteiger partial charge in [-0.05, 0) is 284 Å². The van der Waals surface area contributed by atoms with Gasteiger partial charge in [-0.15, -0.1) is 11.3 Å². The standard InChI is InChI=1S/C42H27BrN2.C36H22BrNS.C35H23BrN2.C18H12BrN/c43-32-10-8-9-29(25-32)28-17-21-34(22-18-28)45-40-16-7-5-14-36(40)38-27-31(20-24-42(38)45)30-19-23-41-37(26-30)35-13-4-6-15-39(35)44(41)33-11-2-1-3-12-33;37-27-7-5-6-24(20-27)23-12-16-28(17-13-23)38-33-10-3-1-8-29(33)30-18-14-25(21-34(30)38)26-15-19-32-31-9-2-4-11-35(31)39-36(32)22-26;36-29-14-9-24(10-15-29)25-11-16-30(17-12-25)38-33-8-4-7-31(27-5-2-1-3-6-27)35(33)32-18-13-28(23-34(32)38)26-19-21-37-22-20-26;19-13-9-11-14(12-10-13)20-17-7-3-1-5-15(17)16-6-2-4-8-18(16)20/h1-27H;1-22H;1-23H;1-12H. The molecule has 0 amide bonds. The zero-order valence-corrected chi connectivity index (χ0v) is 83.8. The fourth-order valence-electron chi connectivity index (χ4n) is 20.9. The van der Waals surface area contributed by atoms with Gasteiger partial charge in [0.15, 0.2) is 0 Å². The van der Waals surface area contributed by atoms with E-state index in [0.29, 0.717) is 0 Å². The van der Waals surface area contributed by atoms with Crippen molar-refractivity contribution < 1.29 is 0 Å². The number of aromatic nitrogens is 6. The summed E-state index contributed by atoms with van der Waals surface area (Å²) in [4.78, 5) is 4.21. The third kappa shape index (κ3) is 16.3. The Morgan fingerprint density at radius 3 is 0.930 bits per heavy atom. The number of rotatable bonds is 12. The van der Waals surface area contributed by atoms with E-state index in [1.54, 1.807) is 0 Å². The first-order valence-corrected chi connectivity index (χ1v) is 51.5. The molecular weight excluding hydrogens is 2010 g/mol. The van der Waals surface area contributed by atoms with Gasteiger partial charge in [-0.1, -0.05) is 355 Å². The van der Waals surface area contributed by atoms with Crippen LogP contribution in [0, 0.1) is 0 Å². The monoisotopic (exact) mass is 2090 g/mol. The molecule has 7 aromatic heterocycles. The van der Waals surface area contributed by atoms with Crippen LogP contribution in [-0.2, 0) is 0 Å². The minimum absolute atomic E-state index is 1.09. The number of fused-ring (bicyclic) bond motifs is 18. The van der Waals surface area contributed by atoms with E-state index in [-0.39, 0.29) is 0 Å². The van der Waals surface area contributed by atoms with Crippen molar-refractivity contribution in [3.63, 3.8) is 0 Å². The van der Waals surface area contributed by atoms with E-state index in [0.717, 1.165) is 40.5 Å². The van der Waals surface area contributed by atoms with Crippen LogP contribution in [0.4, 0.5) is 0 Å². The second-order valence-corrected chi connectivity index (χ2v) is 40.5. The van der Waals surface area contributed by atoms with E-state index in [1.165, 1.54) is 213 Å². The molecule has 0 aliphatic rings. The van der Waals surface area contributed by atoms with Gasteiger partial charge >= 0.3 is 0 Å². The fourth-order valence-corrected chi connectivity index (χ4v) is 23.4. The third-order valence-electron chi connectivity index (χ3n) is 27.5. The highest BCUT2D eigenvalue weighted by Crippen LogP contribution is 2.46. The molecule has 6 nitrogen and oxygen atoms in total. The Labute approximate surface area is 858 Å². The lowest BCUT2D eigenvalue weighted by Gasteiger charge is -2.11. The van der Waals surface area contributed by atoms with E-state index >= 15 is 0 Å². The van der Waals surface area contributed by atoms with Crippen LogP contribution in [-0.4, -0.2) is 27.8 Å². The predicted molar refractivity (Wildman–Crippen MR) is 617 cm³/mol. The molecule has 0 saturated carbocycles. The van der Waals surface area contributed by atoms with Crippen molar-refractivity contribution in [3.05, 3.63) is 528 Å². The highest BCUT2D eigenvalue weighted by atomic mass is 79.9. The Balaban J connectivity index is 0.000000102. The molecule has 0 bridgehead atoms. The first kappa shape index (κ1) is 87.4. The molecular formula is C131H84Br4N6S. The Kier molecular flexibility index (Phi) is 23.1. The summed E-state index contributed by atoms with van der Waals surface area (Å²) in [5, 5.41) is 15.4. The lowest BCUT2D eigenvalue weighted by molar-refractivity contribution is 1.18. The molecule has 0 fully saturated rings. The van der Waals surface area contributed by atoms with Gasteiger partial charge in [0, 0.05) is 133 Å². The summed E-state index contributed by atoms with van der Waals surface area (Å²) >= 11 is 16.1. The van der Waals surface area contributed by atoms with Crippen molar-refractivity contribution in [2.45, 2.75) is 0 Å². The topological polar surface area (TPSA) is 37.5 Å². The second-order valence-electron chi connectivity index (χ2n) is 35.8. The van der Waals surface area contributed by atoms with Crippen LogP contribution in [0.15, 0.2) is 528 Å². The first-order valence-electron chi connectivity index (χ1n) is 47.5. The van der Waals surface area contributed by atoms with Crippen LogP contribution < -0.4 is 0 Å². The van der Waals surface area contributed by atoms with Crippen molar-refractivity contribution in [1.29, 1.82) is 0 Å². The molecule has 0 atom stereocenters. The molecule has 7 heterocycles. The SMILES string of the molecule is Brc1ccc(-c2ccc(-n3c4cc(-c5ccncc5)ccc4c4c(-c5ccccc5)cccc43)cc2)cc1.Brc1ccc(-n2c3ccccc3c3ccccc32)cc1.Brc1cccc(-c2ccc(-n3c4ccccc4c4cc(-c5ccc6c(c5)c5ccccc5n6-c5ccccc5)ccc43)cc2)c1.Brc1cccc(-c2ccc(-n3c4ccccc4c4ccc(-c5ccc6c(c5)sc5ccccc56)cc43)cc2)c1. The van der Waals surface area contributed by atoms with Crippen molar-refractivity contribution in [2.24, 2.45) is 0 Å². The van der Waals surface area contributed by atoms with Crippen molar-refractivity contribution >= 4 is 204 Å². The molecule has 11 heteroatoms. The van der Waals surface area contributed by atoms with Gasteiger partial charge in [0.05, 0.1) is 55.2 Å². The summed E-state index contributed by atoms with van der Waals surface area (Å²) in [6, 6.07) is 179. The van der Waals surface area contributed by atoms with Gasteiger partial charge in [-0.25, -0.2) is 0 Å². The molecule has 0 aliphatic heterocycles. The molecule has 672 valence electrons. The molecule has 0 N–H and O–H groups in total. The maximum atomic E-state index is 4.21. The van der Waals surface area contributed by atoms with E-state index in [4.69, 9.17) is 0 Å². The Hall–Kier alpha value is -16.1. The number of pyridine rings is 1. The van der Waals surface area contributed by atoms with E-state index in [1.807, 2.05) is 23.7 Å². The normalized spacial score (nSPS) is 11.5. The van der Waals surface area contributed by atoms with E-state index in [9.17, 15) is 0 Å². The number of halogens is 4. The quantitative estimate of drug-likeness (QED) is 0.120. The summed E-state index contributed by atoms with van der Waals surface area (Å²) in [6.45, 7) is 0. The molecule has 28 rings (SSSR count). The zero-order chi connectivity index (χ0) is 94.8. The number of hydrogen-bond acceptors (Lipinski definition) is 2. The van der Waals surface area contributed by atoms with Gasteiger partial charge in [0.25, 0.3) is 0 Å². The number of nitrogens with zero attached hydrogens (tertiary/aromatic N) is 6. The average molecular weight is 2090 g/mol. The minimum Gasteiger partial charge on any atom is -0.309 e. The molecule has 0 aliphatic carbocycles. The number of para-hydroxylation sites is 6. The molecule has 0 radical (unpaired) electrons. The third-order valence-corrected chi connectivity index (χ3v) is 30.7. The molecule has 0 unspecified atom stereocenters. The number of benzene rings is 21. The molecule has 0 spiro atoms. The Morgan fingerprint density at radius 1 is 0.155 bits per heavy atom. The summed E-state index contributed by atoms with van der Waals surface area (Å²) < 4.78 is 18.9. The predicted octanol–water partition coefficient (Wildman–Crippen LogP) is 38.7. The first-order chi connectivity index (χ1) is 70.1. The Bertz CT molecular complexity index is 9630. The summed E-state index contributed by atoms with van der Waals surface area (Å²) in [6.07, 6.45) is 3.70. The molecule has 0 saturated heterocycles. The summed E-state index contributed by atoms with van der Waals surface area (Å²) in [5.41, 5.74) is 34.9.